The van der Waals surface area contributed by atoms with E-state index in [0.717, 1.165) is 26.7 Å². The molecule has 1 amide bonds. The number of carbonyl (C=O) groups is 2. The lowest BCUT2D eigenvalue weighted by Crippen LogP contribution is -2.43. The van der Waals surface area contributed by atoms with Crippen molar-refractivity contribution >= 4 is 39.6 Å². The van der Waals surface area contributed by atoms with Crippen LogP contribution in [0.4, 0.5) is 4.79 Å². The molecular weight excluding hydrogens is 482 g/mol. The third kappa shape index (κ3) is 4.60. The van der Waals surface area contributed by atoms with Crippen LogP contribution < -0.4 is 5.32 Å². The van der Waals surface area contributed by atoms with Gasteiger partial charge in [0, 0.05) is 21.8 Å². The largest absolute Gasteiger partial charge is 0.480 e. The second-order valence-electron chi connectivity index (χ2n) is 7.30. The number of halogens is 2. The summed E-state index contributed by atoms with van der Waals surface area (Å²) in [4.78, 5) is 24.2. The molecule has 31 heavy (non-hydrogen) atoms. The van der Waals surface area contributed by atoms with E-state index in [1.54, 1.807) is 18.2 Å². The molecule has 158 valence electrons. The highest BCUT2D eigenvalue weighted by molar-refractivity contribution is 9.10. The Morgan fingerprint density at radius 1 is 1.03 bits per heavy atom. The third-order valence-electron chi connectivity index (χ3n) is 5.37. The molecule has 3 aromatic rings. The fourth-order valence-corrected chi connectivity index (χ4v) is 4.51. The van der Waals surface area contributed by atoms with Gasteiger partial charge in [0.1, 0.15) is 12.6 Å². The molecule has 2 N–H and O–H groups in total. The van der Waals surface area contributed by atoms with E-state index in [-0.39, 0.29) is 18.9 Å². The Balaban J connectivity index is 1.45. The van der Waals surface area contributed by atoms with Gasteiger partial charge in [0.2, 0.25) is 0 Å². The average Bonchev–Trinajstić information content (AvgIpc) is 3.08. The summed E-state index contributed by atoms with van der Waals surface area (Å²) in [6.07, 6.45) is -0.701. The molecule has 0 heterocycles. The summed E-state index contributed by atoms with van der Waals surface area (Å²) >= 11 is 9.40. The van der Waals surface area contributed by atoms with Crippen LogP contribution in [0.5, 0.6) is 0 Å². The predicted octanol–water partition coefficient (Wildman–Crippen LogP) is 5.64. The molecule has 1 aliphatic rings. The number of hydrogen-bond donors (Lipinski definition) is 2. The smallest absolute Gasteiger partial charge is 0.407 e. The van der Waals surface area contributed by atoms with Gasteiger partial charge in [-0.3, -0.25) is 0 Å². The highest BCUT2D eigenvalue weighted by Crippen LogP contribution is 2.44. The first kappa shape index (κ1) is 21.4. The topological polar surface area (TPSA) is 75.6 Å². The van der Waals surface area contributed by atoms with Crippen LogP contribution in [-0.2, 0) is 16.0 Å². The first-order valence-electron chi connectivity index (χ1n) is 9.72. The van der Waals surface area contributed by atoms with Gasteiger partial charge in [-0.2, -0.15) is 0 Å². The summed E-state index contributed by atoms with van der Waals surface area (Å²) in [6, 6.07) is 20.0. The number of amides is 1. The van der Waals surface area contributed by atoms with Crippen molar-refractivity contribution in [1.29, 1.82) is 0 Å². The minimum absolute atomic E-state index is 0.0701. The molecule has 0 unspecified atom stereocenters. The van der Waals surface area contributed by atoms with E-state index >= 15 is 0 Å². The molecule has 0 aliphatic heterocycles. The first-order chi connectivity index (χ1) is 14.9. The maximum Gasteiger partial charge on any atom is 0.407 e. The monoisotopic (exact) mass is 499 g/mol. The highest BCUT2D eigenvalue weighted by atomic mass is 79.9. The minimum Gasteiger partial charge on any atom is -0.480 e. The van der Waals surface area contributed by atoms with E-state index in [0.29, 0.717) is 10.6 Å². The Kier molecular flexibility index (Phi) is 6.30. The molecule has 0 aromatic heterocycles. The number of rotatable bonds is 6. The van der Waals surface area contributed by atoms with Crippen molar-refractivity contribution in [3.05, 3.63) is 92.9 Å². The number of benzene rings is 3. The van der Waals surface area contributed by atoms with Crippen LogP contribution in [0.2, 0.25) is 5.02 Å². The maximum atomic E-state index is 12.4. The molecule has 4 rings (SSSR count). The van der Waals surface area contributed by atoms with Gasteiger partial charge in [0.05, 0.1) is 0 Å². The number of ether oxygens (including phenoxy) is 1. The normalized spacial score (nSPS) is 13.2. The lowest BCUT2D eigenvalue weighted by Gasteiger charge is -2.18. The van der Waals surface area contributed by atoms with E-state index in [4.69, 9.17) is 16.3 Å². The van der Waals surface area contributed by atoms with Crippen molar-refractivity contribution in [2.24, 2.45) is 0 Å². The Hall–Kier alpha value is -2.83. The van der Waals surface area contributed by atoms with Gasteiger partial charge >= 0.3 is 12.1 Å². The molecule has 1 aliphatic carbocycles. The predicted molar refractivity (Wildman–Crippen MR) is 122 cm³/mol. The number of carbonyl (C=O) groups excluding carboxylic acids is 1. The van der Waals surface area contributed by atoms with Crippen LogP contribution >= 0.6 is 27.5 Å². The van der Waals surface area contributed by atoms with E-state index < -0.39 is 18.1 Å². The van der Waals surface area contributed by atoms with Crippen molar-refractivity contribution in [1.82, 2.24) is 5.32 Å². The van der Waals surface area contributed by atoms with Gasteiger partial charge in [0.25, 0.3) is 0 Å². The SMILES string of the molecule is O=C(N[C@@H](Cc1cc(Cl)ccc1Br)C(=O)O)OCC1c2ccccc2-c2ccccc21. The van der Waals surface area contributed by atoms with Crippen molar-refractivity contribution < 1.29 is 19.4 Å². The highest BCUT2D eigenvalue weighted by Gasteiger charge is 2.30. The summed E-state index contributed by atoms with van der Waals surface area (Å²) in [7, 11) is 0. The summed E-state index contributed by atoms with van der Waals surface area (Å²) < 4.78 is 6.18. The van der Waals surface area contributed by atoms with Crippen molar-refractivity contribution in [3.8, 4) is 11.1 Å². The Labute approximate surface area is 193 Å². The van der Waals surface area contributed by atoms with Gasteiger partial charge in [-0.1, -0.05) is 76.1 Å². The second-order valence-corrected chi connectivity index (χ2v) is 8.59. The fourth-order valence-electron chi connectivity index (χ4n) is 3.90. The van der Waals surface area contributed by atoms with E-state index in [1.807, 2.05) is 36.4 Å². The Morgan fingerprint density at radius 2 is 1.65 bits per heavy atom. The molecule has 0 spiro atoms. The molecule has 0 bridgehead atoms. The fraction of sp³-hybridized carbons (Fsp3) is 0.167. The van der Waals surface area contributed by atoms with Crippen molar-refractivity contribution in [2.45, 2.75) is 18.4 Å². The van der Waals surface area contributed by atoms with Crippen LogP contribution in [0.25, 0.3) is 11.1 Å². The van der Waals surface area contributed by atoms with Gasteiger partial charge < -0.3 is 15.2 Å². The van der Waals surface area contributed by atoms with Gasteiger partial charge in [-0.15, -0.1) is 0 Å². The Morgan fingerprint density at radius 3 is 2.26 bits per heavy atom. The zero-order valence-corrected chi connectivity index (χ0v) is 18.7. The second kappa shape index (κ2) is 9.12. The molecule has 0 saturated carbocycles. The van der Waals surface area contributed by atoms with Crippen LogP contribution in [0.1, 0.15) is 22.6 Å². The summed E-state index contributed by atoms with van der Waals surface area (Å²) in [5.74, 6) is -1.25. The Bertz CT molecular complexity index is 1100. The van der Waals surface area contributed by atoms with Crippen molar-refractivity contribution in [3.63, 3.8) is 0 Å². The zero-order chi connectivity index (χ0) is 22.0. The summed E-state index contributed by atoms with van der Waals surface area (Å²) in [6.45, 7) is 0.118. The standard InChI is InChI=1S/C24H19BrClNO4/c25-21-10-9-15(26)11-14(21)12-22(23(28)29)27-24(30)31-13-20-18-7-3-1-5-16(18)17-6-2-4-8-19(17)20/h1-11,20,22H,12-13H2,(H,27,30)(H,28,29)/t22-/m0/s1. The van der Waals surface area contributed by atoms with E-state index in [9.17, 15) is 14.7 Å². The number of alkyl carbamates (subject to hydrolysis) is 1. The average molecular weight is 501 g/mol. The van der Waals surface area contributed by atoms with Gasteiger partial charge in [-0.25, -0.2) is 9.59 Å². The molecule has 7 heteroatoms. The summed E-state index contributed by atoms with van der Waals surface area (Å²) in [5.41, 5.74) is 5.12. The van der Waals surface area contributed by atoms with Crippen LogP contribution in [0.15, 0.2) is 71.2 Å². The lowest BCUT2D eigenvalue weighted by atomic mass is 9.98. The molecule has 0 fully saturated rings. The number of carboxylic acid groups (broad SMARTS) is 1. The molecular formula is C24H19BrClNO4. The number of fused-ring (bicyclic) bond motifs is 3. The number of nitrogens with one attached hydrogen (secondary N) is 1. The number of carboxylic acids is 1. The zero-order valence-electron chi connectivity index (χ0n) is 16.3. The first-order valence-corrected chi connectivity index (χ1v) is 10.9. The van der Waals surface area contributed by atoms with E-state index in [1.165, 1.54) is 0 Å². The molecule has 0 saturated heterocycles. The van der Waals surface area contributed by atoms with Crippen LogP contribution in [-0.4, -0.2) is 29.8 Å². The third-order valence-corrected chi connectivity index (χ3v) is 6.37. The number of hydrogen-bond acceptors (Lipinski definition) is 3. The van der Waals surface area contributed by atoms with E-state index in [2.05, 4.69) is 33.4 Å². The minimum atomic E-state index is -1.15. The van der Waals surface area contributed by atoms with Gasteiger partial charge in [0.15, 0.2) is 0 Å². The van der Waals surface area contributed by atoms with Gasteiger partial charge in [-0.05, 0) is 46.0 Å². The summed E-state index contributed by atoms with van der Waals surface area (Å²) in [5, 5.41) is 12.5. The molecule has 1 atom stereocenters. The molecule has 0 radical (unpaired) electrons. The molecule has 5 nitrogen and oxygen atoms in total. The van der Waals surface area contributed by atoms with Crippen LogP contribution in [0.3, 0.4) is 0 Å². The quantitative estimate of drug-likeness (QED) is 0.459. The van der Waals surface area contributed by atoms with Crippen LogP contribution in [0, 0.1) is 0 Å². The van der Waals surface area contributed by atoms with Crippen molar-refractivity contribution in [2.75, 3.05) is 6.61 Å². The number of aliphatic carboxylic acids is 1. The molecule has 3 aromatic carbocycles. The maximum absolute atomic E-state index is 12.4. The lowest BCUT2D eigenvalue weighted by molar-refractivity contribution is -0.139.